The van der Waals surface area contributed by atoms with Crippen molar-refractivity contribution in [3.63, 3.8) is 0 Å². The minimum Gasteiger partial charge on any atom is -0.379 e. The molecular weight excluding hydrogens is 268 g/mol. The molecule has 7 heteroatoms. The van der Waals surface area contributed by atoms with E-state index < -0.39 is 15.1 Å². The van der Waals surface area contributed by atoms with Gasteiger partial charge in [0.25, 0.3) is 0 Å². The lowest BCUT2D eigenvalue weighted by Gasteiger charge is -2.19. The van der Waals surface area contributed by atoms with Crippen LogP contribution < -0.4 is 10.6 Å². The Balaban J connectivity index is 1.84. The molecule has 2 heterocycles. The zero-order valence-corrected chi connectivity index (χ0v) is 12.0. The number of carbonyl (C=O) groups excluding carboxylic acids is 1. The second-order valence-electron chi connectivity index (χ2n) is 5.18. The van der Waals surface area contributed by atoms with Gasteiger partial charge in [-0.3, -0.25) is 4.79 Å². The third-order valence-electron chi connectivity index (χ3n) is 3.85. The van der Waals surface area contributed by atoms with Crippen molar-refractivity contribution in [1.29, 1.82) is 0 Å². The first kappa shape index (κ1) is 14.7. The molecule has 0 saturated carbocycles. The monoisotopic (exact) mass is 290 g/mol. The van der Waals surface area contributed by atoms with Gasteiger partial charge in [0.15, 0.2) is 9.84 Å². The average Bonchev–Trinajstić information content (AvgIpc) is 2.93. The molecule has 2 aliphatic heterocycles. The van der Waals surface area contributed by atoms with E-state index in [1.54, 1.807) is 0 Å². The number of rotatable bonds is 5. The van der Waals surface area contributed by atoms with Crippen LogP contribution in [0.1, 0.15) is 19.8 Å². The van der Waals surface area contributed by atoms with Crippen LogP contribution in [0.4, 0.5) is 0 Å². The van der Waals surface area contributed by atoms with Crippen molar-refractivity contribution in [3.05, 3.63) is 0 Å². The molecule has 2 aliphatic rings. The van der Waals surface area contributed by atoms with Gasteiger partial charge in [-0.15, -0.1) is 0 Å². The summed E-state index contributed by atoms with van der Waals surface area (Å²) in [5.41, 5.74) is 0. The van der Waals surface area contributed by atoms with E-state index in [0.717, 1.165) is 6.54 Å². The Kier molecular flexibility index (Phi) is 4.81. The van der Waals surface area contributed by atoms with Crippen LogP contribution in [-0.2, 0) is 19.4 Å². The van der Waals surface area contributed by atoms with Crippen LogP contribution in [-0.4, -0.2) is 57.7 Å². The van der Waals surface area contributed by atoms with E-state index in [1.165, 1.54) is 0 Å². The van der Waals surface area contributed by atoms with Gasteiger partial charge in [-0.05, 0) is 19.4 Å². The van der Waals surface area contributed by atoms with Gasteiger partial charge in [-0.2, -0.15) is 0 Å². The average molecular weight is 290 g/mol. The first-order valence-electron chi connectivity index (χ1n) is 6.85. The first-order chi connectivity index (χ1) is 9.04. The van der Waals surface area contributed by atoms with Crippen molar-refractivity contribution in [2.24, 2.45) is 5.92 Å². The van der Waals surface area contributed by atoms with Crippen molar-refractivity contribution in [3.8, 4) is 0 Å². The molecule has 110 valence electrons. The standard InChI is InChI=1S/C12H22N2O4S/c1-2-13-11-8-18-7-10(11)12(15)14-6-9-4-3-5-19(9,16)17/h9-11,13H,2-8H2,1H3,(H,14,15). The van der Waals surface area contributed by atoms with Crippen LogP contribution in [0.5, 0.6) is 0 Å². The Morgan fingerprint density at radius 1 is 1.37 bits per heavy atom. The van der Waals surface area contributed by atoms with Gasteiger partial charge < -0.3 is 15.4 Å². The van der Waals surface area contributed by atoms with Gasteiger partial charge in [0.1, 0.15) is 0 Å². The predicted octanol–water partition coefficient (Wildman–Crippen LogP) is -0.696. The van der Waals surface area contributed by atoms with Crippen molar-refractivity contribution < 1.29 is 17.9 Å². The number of hydrogen-bond donors (Lipinski definition) is 2. The second-order valence-corrected chi connectivity index (χ2v) is 7.59. The lowest BCUT2D eigenvalue weighted by atomic mass is 10.0. The number of amides is 1. The first-order valence-corrected chi connectivity index (χ1v) is 8.56. The van der Waals surface area contributed by atoms with Crippen LogP contribution in [0, 0.1) is 5.92 Å². The lowest BCUT2D eigenvalue weighted by Crippen LogP contribution is -2.46. The van der Waals surface area contributed by atoms with E-state index in [4.69, 9.17) is 4.74 Å². The topological polar surface area (TPSA) is 84.5 Å². The largest absolute Gasteiger partial charge is 0.379 e. The van der Waals surface area contributed by atoms with Gasteiger partial charge in [0.05, 0.1) is 30.1 Å². The summed E-state index contributed by atoms with van der Waals surface area (Å²) in [5.74, 6) is -0.0743. The Labute approximate surface area is 114 Å². The quantitative estimate of drug-likeness (QED) is 0.700. The fourth-order valence-electron chi connectivity index (χ4n) is 2.71. The highest BCUT2D eigenvalue weighted by molar-refractivity contribution is 7.92. The van der Waals surface area contributed by atoms with E-state index in [0.29, 0.717) is 26.1 Å². The zero-order chi connectivity index (χ0) is 13.9. The van der Waals surface area contributed by atoms with Crippen molar-refractivity contribution in [2.45, 2.75) is 31.1 Å². The Hall–Kier alpha value is -0.660. The highest BCUT2D eigenvalue weighted by atomic mass is 32.2. The summed E-state index contributed by atoms with van der Waals surface area (Å²) in [4.78, 5) is 12.1. The minimum absolute atomic E-state index is 0.0326. The number of sulfone groups is 1. The van der Waals surface area contributed by atoms with E-state index in [9.17, 15) is 13.2 Å². The highest BCUT2D eigenvalue weighted by Crippen LogP contribution is 2.20. The summed E-state index contributed by atoms with van der Waals surface area (Å²) < 4.78 is 28.7. The fourth-order valence-corrected chi connectivity index (χ4v) is 4.47. The second kappa shape index (κ2) is 6.19. The third-order valence-corrected chi connectivity index (χ3v) is 6.13. The van der Waals surface area contributed by atoms with Gasteiger partial charge in [0.2, 0.25) is 5.91 Å². The van der Waals surface area contributed by atoms with Crippen LogP contribution in [0.3, 0.4) is 0 Å². The highest BCUT2D eigenvalue weighted by Gasteiger charge is 2.35. The van der Waals surface area contributed by atoms with E-state index >= 15 is 0 Å². The van der Waals surface area contributed by atoms with Crippen LogP contribution in [0.15, 0.2) is 0 Å². The van der Waals surface area contributed by atoms with E-state index in [-0.39, 0.29) is 30.2 Å². The number of ether oxygens (including phenoxy) is 1. The van der Waals surface area contributed by atoms with Crippen molar-refractivity contribution in [1.82, 2.24) is 10.6 Å². The molecule has 0 aromatic heterocycles. The molecule has 2 fully saturated rings. The summed E-state index contributed by atoms with van der Waals surface area (Å²) in [5, 5.41) is 5.58. The fraction of sp³-hybridized carbons (Fsp3) is 0.917. The summed E-state index contributed by atoms with van der Waals surface area (Å²) in [6, 6.07) is 0.0326. The molecule has 0 aromatic rings. The molecule has 0 aliphatic carbocycles. The maximum Gasteiger partial charge on any atom is 0.227 e. The molecular formula is C12H22N2O4S. The van der Waals surface area contributed by atoms with Crippen LogP contribution in [0.25, 0.3) is 0 Å². The normalized spacial score (nSPS) is 33.4. The number of carbonyl (C=O) groups is 1. The summed E-state index contributed by atoms with van der Waals surface area (Å²) in [6.45, 7) is 3.94. The summed E-state index contributed by atoms with van der Waals surface area (Å²) in [6.07, 6.45) is 1.36. The smallest absolute Gasteiger partial charge is 0.227 e. The lowest BCUT2D eigenvalue weighted by molar-refractivity contribution is -0.125. The maximum absolute atomic E-state index is 12.1. The molecule has 2 saturated heterocycles. The number of hydrogen-bond acceptors (Lipinski definition) is 5. The van der Waals surface area contributed by atoms with E-state index in [2.05, 4.69) is 10.6 Å². The molecule has 3 unspecified atom stereocenters. The number of nitrogens with one attached hydrogen (secondary N) is 2. The predicted molar refractivity (Wildman–Crippen MR) is 71.6 cm³/mol. The molecule has 0 spiro atoms. The summed E-state index contributed by atoms with van der Waals surface area (Å²) in [7, 11) is -2.99. The Bertz CT molecular complexity index is 423. The molecule has 1 amide bonds. The zero-order valence-electron chi connectivity index (χ0n) is 11.2. The SMILES string of the molecule is CCNC1COCC1C(=O)NCC1CCCS1(=O)=O. The van der Waals surface area contributed by atoms with Crippen molar-refractivity contribution >= 4 is 15.7 Å². The van der Waals surface area contributed by atoms with Gasteiger partial charge >= 0.3 is 0 Å². The van der Waals surface area contributed by atoms with Gasteiger partial charge in [-0.25, -0.2) is 8.42 Å². The molecule has 6 nitrogen and oxygen atoms in total. The molecule has 3 atom stereocenters. The van der Waals surface area contributed by atoms with Crippen LogP contribution in [0.2, 0.25) is 0 Å². The molecule has 0 radical (unpaired) electrons. The Morgan fingerprint density at radius 3 is 2.79 bits per heavy atom. The molecule has 2 rings (SSSR count). The number of likely N-dealkylation sites (N-methyl/N-ethyl adjacent to an activating group) is 1. The third kappa shape index (κ3) is 3.46. The van der Waals surface area contributed by atoms with Gasteiger partial charge in [0, 0.05) is 12.6 Å². The van der Waals surface area contributed by atoms with E-state index in [1.807, 2.05) is 6.92 Å². The minimum atomic E-state index is -2.99. The van der Waals surface area contributed by atoms with Crippen LogP contribution >= 0.6 is 0 Å². The molecule has 2 N–H and O–H groups in total. The Morgan fingerprint density at radius 2 is 2.16 bits per heavy atom. The molecule has 0 bridgehead atoms. The van der Waals surface area contributed by atoms with Gasteiger partial charge in [-0.1, -0.05) is 6.92 Å². The van der Waals surface area contributed by atoms with Crippen molar-refractivity contribution in [2.75, 3.05) is 32.1 Å². The summed E-state index contributed by atoms with van der Waals surface area (Å²) >= 11 is 0. The maximum atomic E-state index is 12.1. The molecule has 19 heavy (non-hydrogen) atoms. The molecule has 0 aromatic carbocycles.